The number of hydrogen-bond acceptors (Lipinski definition) is 4. The molecule has 0 saturated heterocycles. The Hall–Kier alpha value is -1.97. The Bertz CT molecular complexity index is 547. The molecule has 1 aliphatic rings. The minimum Gasteiger partial charge on any atom is -0.383 e. The van der Waals surface area contributed by atoms with Gasteiger partial charge in [0.05, 0.1) is 5.69 Å². The highest BCUT2D eigenvalue weighted by Crippen LogP contribution is 2.39. The maximum Gasteiger partial charge on any atom is 0.134 e. The van der Waals surface area contributed by atoms with Crippen molar-refractivity contribution in [1.82, 2.24) is 15.0 Å². The van der Waals surface area contributed by atoms with E-state index < -0.39 is 0 Å². The number of aromatic nitrogens is 3. The Morgan fingerprint density at radius 3 is 2.76 bits per heavy atom. The maximum absolute atomic E-state index is 5.95. The van der Waals surface area contributed by atoms with Crippen molar-refractivity contribution in [3.05, 3.63) is 35.9 Å². The van der Waals surface area contributed by atoms with Gasteiger partial charge in [-0.05, 0) is 31.9 Å². The normalized spacial score (nSPS) is 14.9. The third kappa shape index (κ3) is 1.86. The van der Waals surface area contributed by atoms with Gasteiger partial charge in [0.15, 0.2) is 0 Å². The summed E-state index contributed by atoms with van der Waals surface area (Å²) in [6.07, 6.45) is 5.92. The SMILES string of the molecule is Cc1c(N)nc(C2CC2)nc1-c1cccnc1. The van der Waals surface area contributed by atoms with Gasteiger partial charge < -0.3 is 5.73 Å². The molecule has 0 aromatic carbocycles. The zero-order valence-corrected chi connectivity index (χ0v) is 9.72. The summed E-state index contributed by atoms with van der Waals surface area (Å²) in [5.74, 6) is 1.97. The van der Waals surface area contributed by atoms with Gasteiger partial charge in [-0.1, -0.05) is 0 Å². The van der Waals surface area contributed by atoms with Gasteiger partial charge in [-0.3, -0.25) is 4.98 Å². The fourth-order valence-electron chi connectivity index (χ4n) is 1.86. The van der Waals surface area contributed by atoms with Crippen LogP contribution in [0.5, 0.6) is 0 Å². The zero-order chi connectivity index (χ0) is 11.8. The highest BCUT2D eigenvalue weighted by Gasteiger charge is 2.28. The van der Waals surface area contributed by atoms with Crippen molar-refractivity contribution in [2.45, 2.75) is 25.7 Å². The molecular weight excluding hydrogens is 212 g/mol. The van der Waals surface area contributed by atoms with Gasteiger partial charge in [0, 0.05) is 29.4 Å². The summed E-state index contributed by atoms with van der Waals surface area (Å²) < 4.78 is 0. The molecule has 0 unspecified atom stereocenters. The van der Waals surface area contributed by atoms with Gasteiger partial charge >= 0.3 is 0 Å². The average molecular weight is 226 g/mol. The van der Waals surface area contributed by atoms with Crippen LogP contribution in [-0.4, -0.2) is 15.0 Å². The van der Waals surface area contributed by atoms with Crippen LogP contribution in [0.4, 0.5) is 5.82 Å². The molecule has 0 atom stereocenters. The maximum atomic E-state index is 5.95. The monoisotopic (exact) mass is 226 g/mol. The van der Waals surface area contributed by atoms with Crippen molar-refractivity contribution in [1.29, 1.82) is 0 Å². The average Bonchev–Trinajstić information content (AvgIpc) is 3.18. The summed E-state index contributed by atoms with van der Waals surface area (Å²) in [5, 5.41) is 0. The second-order valence-corrected chi connectivity index (χ2v) is 4.46. The summed E-state index contributed by atoms with van der Waals surface area (Å²) in [5.41, 5.74) is 8.80. The number of nitrogens with zero attached hydrogens (tertiary/aromatic N) is 3. The van der Waals surface area contributed by atoms with Crippen LogP contribution >= 0.6 is 0 Å². The second kappa shape index (κ2) is 3.80. The standard InChI is InChI=1S/C13H14N4/c1-8-11(10-3-2-6-15-7-10)16-13(9-4-5-9)17-12(8)14/h2-3,6-7,9H,4-5H2,1H3,(H2,14,16,17). The molecule has 0 radical (unpaired) electrons. The lowest BCUT2D eigenvalue weighted by Crippen LogP contribution is -2.04. The van der Waals surface area contributed by atoms with Gasteiger partial charge in [0.2, 0.25) is 0 Å². The summed E-state index contributed by atoms with van der Waals surface area (Å²) in [4.78, 5) is 13.1. The van der Waals surface area contributed by atoms with Crippen LogP contribution in [0.2, 0.25) is 0 Å². The molecule has 1 aliphatic carbocycles. The summed E-state index contributed by atoms with van der Waals surface area (Å²) in [6, 6.07) is 3.91. The predicted molar refractivity (Wildman–Crippen MR) is 66.4 cm³/mol. The highest BCUT2D eigenvalue weighted by atomic mass is 15.0. The third-order valence-corrected chi connectivity index (χ3v) is 3.08. The van der Waals surface area contributed by atoms with Crippen LogP contribution in [0.25, 0.3) is 11.3 Å². The fourth-order valence-corrected chi connectivity index (χ4v) is 1.86. The number of rotatable bonds is 2. The van der Waals surface area contributed by atoms with E-state index in [1.54, 1.807) is 6.20 Å². The molecule has 0 spiro atoms. The van der Waals surface area contributed by atoms with Crippen LogP contribution in [0.1, 0.15) is 30.1 Å². The third-order valence-electron chi connectivity index (χ3n) is 3.08. The molecule has 0 bridgehead atoms. The van der Waals surface area contributed by atoms with Crippen LogP contribution < -0.4 is 5.73 Å². The molecule has 17 heavy (non-hydrogen) atoms. The van der Waals surface area contributed by atoms with Gasteiger partial charge in [0.25, 0.3) is 0 Å². The molecule has 1 fully saturated rings. The van der Waals surface area contributed by atoms with Crippen molar-refractivity contribution in [3.63, 3.8) is 0 Å². The van der Waals surface area contributed by atoms with Crippen molar-refractivity contribution in [2.24, 2.45) is 0 Å². The van der Waals surface area contributed by atoms with E-state index in [-0.39, 0.29) is 0 Å². The number of hydrogen-bond donors (Lipinski definition) is 1. The predicted octanol–water partition coefficient (Wildman–Crippen LogP) is 2.31. The van der Waals surface area contributed by atoms with E-state index in [0.717, 1.165) is 22.6 Å². The molecule has 2 aromatic heterocycles. The van der Waals surface area contributed by atoms with Crippen LogP contribution in [0.3, 0.4) is 0 Å². The van der Waals surface area contributed by atoms with Crippen LogP contribution in [0, 0.1) is 6.92 Å². The lowest BCUT2D eigenvalue weighted by Gasteiger charge is -2.09. The minimum atomic E-state index is 0.508. The quantitative estimate of drug-likeness (QED) is 0.853. The van der Waals surface area contributed by atoms with E-state index >= 15 is 0 Å². The van der Waals surface area contributed by atoms with E-state index in [9.17, 15) is 0 Å². The van der Waals surface area contributed by atoms with Gasteiger partial charge in [0.1, 0.15) is 11.6 Å². The summed E-state index contributed by atoms with van der Waals surface area (Å²) in [6.45, 7) is 1.95. The topological polar surface area (TPSA) is 64.7 Å². The number of pyridine rings is 1. The molecule has 2 heterocycles. The number of nitrogen functional groups attached to an aromatic ring is 1. The van der Waals surface area contributed by atoms with Crippen LogP contribution in [0.15, 0.2) is 24.5 Å². The molecule has 3 rings (SSSR count). The summed E-state index contributed by atoms with van der Waals surface area (Å²) in [7, 11) is 0. The van der Waals surface area contributed by atoms with Crippen molar-refractivity contribution in [3.8, 4) is 11.3 Å². The molecule has 86 valence electrons. The largest absolute Gasteiger partial charge is 0.383 e. The zero-order valence-electron chi connectivity index (χ0n) is 9.72. The highest BCUT2D eigenvalue weighted by molar-refractivity contribution is 5.66. The Morgan fingerprint density at radius 2 is 2.12 bits per heavy atom. The Kier molecular flexibility index (Phi) is 2.28. The smallest absolute Gasteiger partial charge is 0.134 e. The minimum absolute atomic E-state index is 0.508. The molecule has 4 heteroatoms. The molecule has 4 nitrogen and oxygen atoms in total. The van der Waals surface area contributed by atoms with E-state index in [0.29, 0.717) is 11.7 Å². The first-order valence-electron chi connectivity index (χ1n) is 5.80. The van der Waals surface area contributed by atoms with Crippen molar-refractivity contribution < 1.29 is 0 Å². The first-order valence-corrected chi connectivity index (χ1v) is 5.80. The van der Waals surface area contributed by atoms with Crippen molar-refractivity contribution in [2.75, 3.05) is 5.73 Å². The van der Waals surface area contributed by atoms with E-state index in [4.69, 9.17) is 5.73 Å². The molecule has 0 aliphatic heterocycles. The Balaban J connectivity index is 2.14. The van der Waals surface area contributed by atoms with E-state index in [1.807, 2.05) is 25.3 Å². The lowest BCUT2D eigenvalue weighted by molar-refractivity contribution is 0.927. The van der Waals surface area contributed by atoms with Gasteiger partial charge in [-0.2, -0.15) is 0 Å². The second-order valence-electron chi connectivity index (χ2n) is 4.46. The molecule has 2 N–H and O–H groups in total. The van der Waals surface area contributed by atoms with Crippen molar-refractivity contribution >= 4 is 5.82 Å². The molecule has 2 aromatic rings. The number of anilines is 1. The fraction of sp³-hybridized carbons (Fsp3) is 0.308. The van der Waals surface area contributed by atoms with Gasteiger partial charge in [-0.25, -0.2) is 9.97 Å². The van der Waals surface area contributed by atoms with E-state index in [2.05, 4.69) is 15.0 Å². The van der Waals surface area contributed by atoms with Gasteiger partial charge in [-0.15, -0.1) is 0 Å². The molecular formula is C13H14N4. The first kappa shape index (κ1) is 10.2. The summed E-state index contributed by atoms with van der Waals surface area (Å²) >= 11 is 0. The van der Waals surface area contributed by atoms with Crippen LogP contribution in [-0.2, 0) is 0 Å². The Labute approximate surface area is 99.9 Å². The molecule has 0 amide bonds. The number of nitrogens with two attached hydrogens (primary N) is 1. The molecule has 1 saturated carbocycles. The Morgan fingerprint density at radius 1 is 1.29 bits per heavy atom. The first-order chi connectivity index (χ1) is 8.25. The lowest BCUT2D eigenvalue weighted by atomic mass is 10.1. The van der Waals surface area contributed by atoms with E-state index in [1.165, 1.54) is 12.8 Å².